The molecular weight excluding hydrogens is 336 g/mol. The molecule has 3 unspecified atom stereocenters. The van der Waals surface area contributed by atoms with E-state index in [9.17, 15) is 4.79 Å². The van der Waals surface area contributed by atoms with Crippen molar-refractivity contribution in [2.24, 2.45) is 5.92 Å². The fraction of sp³-hybridized carbons (Fsp3) is 0.556. The van der Waals surface area contributed by atoms with E-state index < -0.39 is 0 Å². The molecule has 2 aromatic heterocycles. The van der Waals surface area contributed by atoms with E-state index in [2.05, 4.69) is 26.7 Å². The molecule has 3 atom stereocenters. The molecule has 0 bridgehead atoms. The lowest BCUT2D eigenvalue weighted by molar-refractivity contribution is -0.137. The van der Waals surface area contributed by atoms with Crippen molar-refractivity contribution in [3.05, 3.63) is 24.5 Å². The molecular formula is C18H22N4O2S. The Balaban J connectivity index is 1.73. The molecule has 2 aromatic rings. The fourth-order valence-corrected chi connectivity index (χ4v) is 4.80. The van der Waals surface area contributed by atoms with Crippen molar-refractivity contribution >= 4 is 17.7 Å². The molecule has 0 N–H and O–H groups in total. The van der Waals surface area contributed by atoms with Crippen LogP contribution in [0.25, 0.3) is 11.4 Å². The molecule has 1 saturated heterocycles. The Bertz CT molecular complexity index is 749. The van der Waals surface area contributed by atoms with Crippen LogP contribution in [-0.4, -0.2) is 37.6 Å². The maximum absolute atomic E-state index is 11.9. The van der Waals surface area contributed by atoms with Crippen LogP contribution in [0.4, 0.5) is 0 Å². The minimum Gasteiger partial charge on any atom is -0.465 e. The lowest BCUT2D eigenvalue weighted by Crippen LogP contribution is -2.23. The molecule has 1 saturated carbocycles. The van der Waals surface area contributed by atoms with Gasteiger partial charge in [-0.2, -0.15) is 0 Å². The molecule has 132 valence electrons. The van der Waals surface area contributed by atoms with Crippen LogP contribution in [0, 0.1) is 5.92 Å². The Morgan fingerprint density at radius 1 is 1.24 bits per heavy atom. The van der Waals surface area contributed by atoms with Gasteiger partial charge >= 0.3 is 5.97 Å². The summed E-state index contributed by atoms with van der Waals surface area (Å²) < 4.78 is 7.36. The number of esters is 1. The highest BCUT2D eigenvalue weighted by Gasteiger charge is 2.33. The summed E-state index contributed by atoms with van der Waals surface area (Å²) in [6.07, 6.45) is 9.15. The highest BCUT2D eigenvalue weighted by Crippen LogP contribution is 2.40. The van der Waals surface area contributed by atoms with Crippen LogP contribution in [-0.2, 0) is 9.53 Å². The number of carbonyl (C=O) groups excluding carboxylic acids is 1. The third-order valence-corrected chi connectivity index (χ3v) is 6.32. The topological polar surface area (TPSA) is 69.9 Å². The summed E-state index contributed by atoms with van der Waals surface area (Å²) in [6.45, 7) is 2.80. The number of ether oxygens (including phenoxy) is 1. The lowest BCUT2D eigenvalue weighted by Gasteiger charge is -2.31. The van der Waals surface area contributed by atoms with Gasteiger partial charge in [-0.05, 0) is 30.9 Å². The number of carbonyl (C=O) groups is 1. The van der Waals surface area contributed by atoms with E-state index in [1.165, 1.54) is 31.0 Å². The van der Waals surface area contributed by atoms with Gasteiger partial charge in [-0.15, -0.1) is 10.2 Å². The van der Waals surface area contributed by atoms with Crippen LogP contribution in [0.15, 0.2) is 29.7 Å². The number of pyridine rings is 1. The molecule has 1 aliphatic heterocycles. The van der Waals surface area contributed by atoms with Gasteiger partial charge in [0.2, 0.25) is 0 Å². The van der Waals surface area contributed by atoms with Gasteiger partial charge in [0.05, 0.1) is 6.61 Å². The summed E-state index contributed by atoms with van der Waals surface area (Å²) >= 11 is 1.49. The number of rotatable bonds is 4. The average Bonchev–Trinajstić information content (AvgIpc) is 3.23. The number of cyclic esters (lactones) is 1. The summed E-state index contributed by atoms with van der Waals surface area (Å²) in [5.41, 5.74) is 0.966. The van der Waals surface area contributed by atoms with E-state index in [1.54, 1.807) is 6.20 Å². The Labute approximate surface area is 151 Å². The SMILES string of the molecule is CC1CCCCC1n1c(SC2CCOC2=O)nnc1-c1cccnc1. The van der Waals surface area contributed by atoms with Crippen LogP contribution >= 0.6 is 11.8 Å². The molecule has 0 aromatic carbocycles. The first-order valence-corrected chi connectivity index (χ1v) is 9.80. The van der Waals surface area contributed by atoms with Crippen molar-refractivity contribution < 1.29 is 9.53 Å². The normalized spacial score (nSPS) is 26.6. The van der Waals surface area contributed by atoms with Crippen molar-refractivity contribution in [3.8, 4) is 11.4 Å². The van der Waals surface area contributed by atoms with Gasteiger partial charge in [-0.1, -0.05) is 31.5 Å². The number of aromatic nitrogens is 4. The monoisotopic (exact) mass is 358 g/mol. The van der Waals surface area contributed by atoms with Crippen LogP contribution in [0.1, 0.15) is 45.1 Å². The first-order chi connectivity index (χ1) is 12.2. The van der Waals surface area contributed by atoms with E-state index in [1.807, 2.05) is 18.3 Å². The van der Waals surface area contributed by atoms with Crippen molar-refractivity contribution in [1.29, 1.82) is 0 Å². The van der Waals surface area contributed by atoms with Gasteiger partial charge in [0.15, 0.2) is 11.0 Å². The molecule has 3 heterocycles. The molecule has 6 nitrogen and oxygen atoms in total. The zero-order valence-corrected chi connectivity index (χ0v) is 15.1. The van der Waals surface area contributed by atoms with Crippen molar-refractivity contribution in [3.63, 3.8) is 0 Å². The quantitative estimate of drug-likeness (QED) is 0.779. The second kappa shape index (κ2) is 7.15. The molecule has 25 heavy (non-hydrogen) atoms. The fourth-order valence-electron chi connectivity index (χ4n) is 3.74. The highest BCUT2D eigenvalue weighted by atomic mass is 32.2. The predicted molar refractivity (Wildman–Crippen MR) is 95.1 cm³/mol. The van der Waals surface area contributed by atoms with E-state index in [0.29, 0.717) is 18.6 Å². The summed E-state index contributed by atoms with van der Waals surface area (Å²) in [4.78, 5) is 16.1. The van der Waals surface area contributed by atoms with Gasteiger partial charge in [0, 0.05) is 30.4 Å². The van der Waals surface area contributed by atoms with E-state index in [4.69, 9.17) is 4.74 Å². The summed E-state index contributed by atoms with van der Waals surface area (Å²) in [5.74, 6) is 1.27. The van der Waals surface area contributed by atoms with Gasteiger partial charge in [-0.25, -0.2) is 0 Å². The van der Waals surface area contributed by atoms with Crippen molar-refractivity contribution in [1.82, 2.24) is 19.7 Å². The standard InChI is InChI=1S/C18H22N4O2S/c1-12-5-2-3-7-14(12)22-16(13-6-4-9-19-11-13)20-21-18(22)25-15-8-10-24-17(15)23/h4,6,9,11-12,14-15H,2-3,5,7-8,10H2,1H3. The van der Waals surface area contributed by atoms with Crippen molar-refractivity contribution in [2.45, 2.75) is 55.5 Å². The Morgan fingerprint density at radius 3 is 2.84 bits per heavy atom. The molecule has 0 radical (unpaired) electrons. The first kappa shape index (κ1) is 16.6. The van der Waals surface area contributed by atoms with Gasteiger partial charge in [-0.3, -0.25) is 14.3 Å². The second-order valence-corrected chi connectivity index (χ2v) is 7.98. The van der Waals surface area contributed by atoms with Crippen LogP contribution in [0.2, 0.25) is 0 Å². The molecule has 4 rings (SSSR count). The Hall–Kier alpha value is -1.89. The largest absolute Gasteiger partial charge is 0.465 e. The van der Waals surface area contributed by atoms with Gasteiger partial charge in [0.25, 0.3) is 0 Å². The average molecular weight is 358 g/mol. The summed E-state index contributed by atoms with van der Waals surface area (Å²) in [5, 5.41) is 9.55. The van der Waals surface area contributed by atoms with Crippen molar-refractivity contribution in [2.75, 3.05) is 6.61 Å². The predicted octanol–water partition coefficient (Wildman–Crippen LogP) is 3.50. The number of hydrogen-bond acceptors (Lipinski definition) is 6. The molecule has 0 amide bonds. The first-order valence-electron chi connectivity index (χ1n) is 8.92. The summed E-state index contributed by atoms with van der Waals surface area (Å²) in [7, 11) is 0. The van der Waals surface area contributed by atoms with Crippen LogP contribution < -0.4 is 0 Å². The lowest BCUT2D eigenvalue weighted by atomic mass is 9.85. The zero-order chi connectivity index (χ0) is 17.2. The smallest absolute Gasteiger partial charge is 0.319 e. The highest BCUT2D eigenvalue weighted by molar-refractivity contribution is 8.00. The molecule has 2 aliphatic rings. The minimum absolute atomic E-state index is 0.140. The number of hydrogen-bond donors (Lipinski definition) is 0. The van der Waals surface area contributed by atoms with Crippen LogP contribution in [0.3, 0.4) is 0 Å². The number of thioether (sulfide) groups is 1. The maximum Gasteiger partial charge on any atom is 0.319 e. The molecule has 2 fully saturated rings. The maximum atomic E-state index is 11.9. The minimum atomic E-state index is -0.177. The second-order valence-electron chi connectivity index (χ2n) is 6.81. The number of nitrogens with zero attached hydrogens (tertiary/aromatic N) is 4. The van der Waals surface area contributed by atoms with Gasteiger partial charge < -0.3 is 4.74 Å². The molecule has 0 spiro atoms. The summed E-state index contributed by atoms with van der Waals surface area (Å²) in [6, 6.07) is 4.29. The molecule has 7 heteroatoms. The van der Waals surface area contributed by atoms with E-state index >= 15 is 0 Å². The van der Waals surface area contributed by atoms with Gasteiger partial charge in [0.1, 0.15) is 5.25 Å². The van der Waals surface area contributed by atoms with Crippen LogP contribution in [0.5, 0.6) is 0 Å². The zero-order valence-electron chi connectivity index (χ0n) is 14.3. The van der Waals surface area contributed by atoms with E-state index in [-0.39, 0.29) is 11.2 Å². The molecule has 1 aliphatic carbocycles. The third-order valence-electron chi connectivity index (χ3n) is 5.12. The Morgan fingerprint density at radius 2 is 2.12 bits per heavy atom. The Kier molecular flexibility index (Phi) is 4.74. The third kappa shape index (κ3) is 3.29. The van der Waals surface area contributed by atoms with E-state index in [0.717, 1.165) is 29.4 Å².